The topological polar surface area (TPSA) is 54.2 Å². The molecule has 2 heterocycles. The number of aliphatic hydroxyl groups excluding tert-OH is 1. The molecule has 2 aliphatic rings. The standard InChI is InChI=1S/C24H27ClN4O/c25-21-10-11-22-20(14-21)15-28(12-13-30)16-23-26-27-24(29(22)23)19-8-6-18(7-9-19)17-4-2-1-3-5-17/h1-5,10-11,14,18-19,30H,6-9,12-13,15-16H2. The number of β-amino-alcohol motifs (C(OH)–C–C–N with tert-alkyl or cyclic N) is 1. The molecule has 0 radical (unpaired) electrons. The number of halogens is 1. The largest absolute Gasteiger partial charge is 0.395 e. The first kappa shape index (κ1) is 19.7. The predicted octanol–water partition coefficient (Wildman–Crippen LogP) is 4.67. The second-order valence-corrected chi connectivity index (χ2v) is 8.91. The summed E-state index contributed by atoms with van der Waals surface area (Å²) in [5.41, 5.74) is 3.74. The summed E-state index contributed by atoms with van der Waals surface area (Å²) in [6.45, 7) is 2.16. The van der Waals surface area contributed by atoms with Crippen molar-refractivity contribution >= 4 is 11.6 Å². The van der Waals surface area contributed by atoms with Gasteiger partial charge in [-0.05, 0) is 60.9 Å². The molecule has 0 spiro atoms. The molecule has 5 nitrogen and oxygen atoms in total. The van der Waals surface area contributed by atoms with Crippen LogP contribution in [0, 0.1) is 0 Å². The molecule has 0 saturated heterocycles. The van der Waals surface area contributed by atoms with Crippen LogP contribution in [0.4, 0.5) is 0 Å². The van der Waals surface area contributed by atoms with Gasteiger partial charge in [0, 0.05) is 24.0 Å². The molecule has 30 heavy (non-hydrogen) atoms. The van der Waals surface area contributed by atoms with Gasteiger partial charge in [0.25, 0.3) is 0 Å². The molecular formula is C24H27ClN4O. The van der Waals surface area contributed by atoms with Crippen LogP contribution in [-0.4, -0.2) is 37.9 Å². The minimum absolute atomic E-state index is 0.125. The molecule has 1 saturated carbocycles. The van der Waals surface area contributed by atoms with Gasteiger partial charge in [-0.1, -0.05) is 41.9 Å². The third kappa shape index (κ3) is 3.78. The quantitative estimate of drug-likeness (QED) is 0.663. The first-order valence-corrected chi connectivity index (χ1v) is 11.2. The van der Waals surface area contributed by atoms with Gasteiger partial charge < -0.3 is 5.11 Å². The van der Waals surface area contributed by atoms with Gasteiger partial charge in [-0.2, -0.15) is 0 Å². The monoisotopic (exact) mass is 422 g/mol. The van der Waals surface area contributed by atoms with Crippen LogP contribution in [0.25, 0.3) is 5.69 Å². The molecule has 1 fully saturated rings. The summed E-state index contributed by atoms with van der Waals surface area (Å²) < 4.78 is 2.26. The smallest absolute Gasteiger partial charge is 0.151 e. The summed E-state index contributed by atoms with van der Waals surface area (Å²) >= 11 is 6.31. The fourth-order valence-corrected chi connectivity index (χ4v) is 5.26. The number of rotatable bonds is 4. The molecule has 3 aromatic rings. The van der Waals surface area contributed by atoms with Gasteiger partial charge in [-0.3, -0.25) is 9.47 Å². The van der Waals surface area contributed by atoms with Crippen LogP contribution in [0.1, 0.15) is 60.3 Å². The van der Waals surface area contributed by atoms with E-state index >= 15 is 0 Å². The van der Waals surface area contributed by atoms with Gasteiger partial charge in [-0.25, -0.2) is 0 Å². The summed E-state index contributed by atoms with van der Waals surface area (Å²) in [7, 11) is 0. The zero-order valence-electron chi connectivity index (χ0n) is 17.0. The highest BCUT2D eigenvalue weighted by Gasteiger charge is 2.30. The molecule has 5 rings (SSSR count). The van der Waals surface area contributed by atoms with E-state index in [1.807, 2.05) is 12.1 Å². The van der Waals surface area contributed by atoms with Crippen LogP contribution in [0.3, 0.4) is 0 Å². The average Bonchev–Trinajstić information content (AvgIpc) is 3.11. The van der Waals surface area contributed by atoms with Crippen molar-refractivity contribution in [3.8, 4) is 5.69 Å². The number of aromatic nitrogens is 3. The van der Waals surface area contributed by atoms with E-state index in [1.54, 1.807) is 0 Å². The first-order valence-electron chi connectivity index (χ1n) is 10.8. The SMILES string of the molecule is OCCN1Cc2cc(Cl)ccc2-n2c(nnc2C2CCC(c3ccccc3)CC2)C1. The number of benzene rings is 2. The van der Waals surface area contributed by atoms with Gasteiger partial charge in [0.1, 0.15) is 5.82 Å². The molecule has 1 aromatic heterocycles. The van der Waals surface area contributed by atoms with Crippen molar-refractivity contribution in [1.29, 1.82) is 0 Å². The van der Waals surface area contributed by atoms with Crippen LogP contribution in [0.2, 0.25) is 5.02 Å². The summed E-state index contributed by atoms with van der Waals surface area (Å²) in [4.78, 5) is 2.21. The van der Waals surface area contributed by atoms with Crippen molar-refractivity contribution in [2.75, 3.05) is 13.2 Å². The lowest BCUT2D eigenvalue weighted by atomic mass is 9.78. The van der Waals surface area contributed by atoms with E-state index in [0.717, 1.165) is 47.3 Å². The van der Waals surface area contributed by atoms with Gasteiger partial charge in [0.05, 0.1) is 18.8 Å². The fraction of sp³-hybridized carbons (Fsp3) is 0.417. The highest BCUT2D eigenvalue weighted by Crippen LogP contribution is 2.41. The van der Waals surface area contributed by atoms with E-state index in [1.165, 1.54) is 18.4 Å². The Balaban J connectivity index is 1.45. The Kier molecular flexibility index (Phi) is 5.59. The van der Waals surface area contributed by atoms with Gasteiger partial charge in [-0.15, -0.1) is 10.2 Å². The van der Waals surface area contributed by atoms with E-state index in [9.17, 15) is 5.11 Å². The molecule has 156 valence electrons. The van der Waals surface area contributed by atoms with Crippen molar-refractivity contribution in [2.45, 2.75) is 50.6 Å². The molecule has 1 aliphatic carbocycles. The number of hydrogen-bond acceptors (Lipinski definition) is 4. The van der Waals surface area contributed by atoms with Gasteiger partial charge in [0.2, 0.25) is 0 Å². The van der Waals surface area contributed by atoms with E-state index in [2.05, 4.69) is 56.1 Å². The summed E-state index contributed by atoms with van der Waals surface area (Å²) in [5, 5.41) is 19.5. The third-order valence-electron chi connectivity index (χ3n) is 6.58. The van der Waals surface area contributed by atoms with Crippen LogP contribution in [-0.2, 0) is 13.1 Å². The highest BCUT2D eigenvalue weighted by atomic mass is 35.5. The summed E-state index contributed by atoms with van der Waals surface area (Å²) in [6.07, 6.45) is 4.61. The molecular weight excluding hydrogens is 396 g/mol. The van der Waals surface area contributed by atoms with Crippen LogP contribution < -0.4 is 0 Å². The molecule has 0 atom stereocenters. The zero-order valence-corrected chi connectivity index (χ0v) is 17.8. The van der Waals surface area contributed by atoms with Crippen molar-refractivity contribution in [3.05, 3.63) is 76.3 Å². The average molecular weight is 423 g/mol. The minimum Gasteiger partial charge on any atom is -0.395 e. The molecule has 0 amide bonds. The highest BCUT2D eigenvalue weighted by molar-refractivity contribution is 6.30. The first-order chi connectivity index (χ1) is 14.7. The molecule has 0 unspecified atom stereocenters. The third-order valence-corrected chi connectivity index (χ3v) is 6.81. The summed E-state index contributed by atoms with van der Waals surface area (Å²) in [6, 6.07) is 16.9. The van der Waals surface area contributed by atoms with Crippen LogP contribution >= 0.6 is 11.6 Å². The van der Waals surface area contributed by atoms with E-state index in [0.29, 0.717) is 24.9 Å². The maximum Gasteiger partial charge on any atom is 0.151 e. The van der Waals surface area contributed by atoms with Crippen molar-refractivity contribution in [3.63, 3.8) is 0 Å². The number of nitrogens with zero attached hydrogens (tertiary/aromatic N) is 4. The number of aliphatic hydroxyl groups is 1. The number of hydrogen-bond donors (Lipinski definition) is 1. The zero-order chi connectivity index (χ0) is 20.5. The molecule has 2 aromatic carbocycles. The number of fused-ring (bicyclic) bond motifs is 3. The predicted molar refractivity (Wildman–Crippen MR) is 118 cm³/mol. The maximum absolute atomic E-state index is 9.48. The molecule has 1 N–H and O–H groups in total. The maximum atomic E-state index is 9.48. The normalized spacial score (nSPS) is 21.7. The van der Waals surface area contributed by atoms with Crippen molar-refractivity contribution in [1.82, 2.24) is 19.7 Å². The van der Waals surface area contributed by atoms with Crippen molar-refractivity contribution < 1.29 is 5.11 Å². The van der Waals surface area contributed by atoms with Crippen LogP contribution in [0.15, 0.2) is 48.5 Å². The minimum atomic E-state index is 0.125. The second kappa shape index (κ2) is 8.50. The van der Waals surface area contributed by atoms with Gasteiger partial charge >= 0.3 is 0 Å². The van der Waals surface area contributed by atoms with E-state index in [4.69, 9.17) is 11.6 Å². The van der Waals surface area contributed by atoms with E-state index < -0.39 is 0 Å². The Labute approximate surface area is 182 Å². The molecule has 0 bridgehead atoms. The Morgan fingerprint density at radius 1 is 0.933 bits per heavy atom. The summed E-state index contributed by atoms with van der Waals surface area (Å²) in [5.74, 6) is 3.08. The lowest BCUT2D eigenvalue weighted by Gasteiger charge is -2.28. The fourth-order valence-electron chi connectivity index (χ4n) is 5.06. The van der Waals surface area contributed by atoms with Crippen LogP contribution in [0.5, 0.6) is 0 Å². The lowest BCUT2D eigenvalue weighted by Crippen LogP contribution is -2.25. The van der Waals surface area contributed by atoms with Gasteiger partial charge in [0.15, 0.2) is 5.82 Å². The van der Waals surface area contributed by atoms with E-state index in [-0.39, 0.29) is 6.61 Å². The Morgan fingerprint density at radius 2 is 1.70 bits per heavy atom. The van der Waals surface area contributed by atoms with Crippen molar-refractivity contribution in [2.24, 2.45) is 0 Å². The second-order valence-electron chi connectivity index (χ2n) is 8.48. The molecule has 6 heteroatoms. The lowest BCUT2D eigenvalue weighted by molar-refractivity contribution is 0.183. The Hall–Kier alpha value is -2.21. The Bertz CT molecular complexity index is 1010. The Morgan fingerprint density at radius 3 is 2.47 bits per heavy atom. The molecule has 1 aliphatic heterocycles.